The maximum atomic E-state index is 13.7. The lowest BCUT2D eigenvalue weighted by atomic mass is 10.1. The Kier molecular flexibility index (Phi) is 4.37. The fourth-order valence-corrected chi connectivity index (χ4v) is 2.06. The third-order valence-corrected chi connectivity index (χ3v) is 3.33. The second-order valence-electron chi connectivity index (χ2n) is 4.92. The second kappa shape index (κ2) is 6.78. The standard InChI is InChI=1S/C16H13FN6O/c1-11(14-4-2-3-5-15(14)17)19-20-16(24)12-6-8-13(9-7-12)23-10-18-21-22-23/h2-10H,1H3,(H,20,24)/b19-11+. The summed E-state index contributed by atoms with van der Waals surface area (Å²) in [6.45, 7) is 1.62. The van der Waals surface area contributed by atoms with Crippen molar-refractivity contribution < 1.29 is 9.18 Å². The van der Waals surface area contributed by atoms with Crippen molar-refractivity contribution in [1.82, 2.24) is 25.6 Å². The molecule has 24 heavy (non-hydrogen) atoms. The Labute approximate surface area is 136 Å². The number of hydrogen-bond acceptors (Lipinski definition) is 5. The summed E-state index contributed by atoms with van der Waals surface area (Å²) in [5.41, 5.74) is 4.27. The zero-order valence-corrected chi connectivity index (χ0v) is 12.7. The SMILES string of the molecule is C/C(=N\NC(=O)c1ccc(-n2cnnn2)cc1)c1ccccc1F. The molecule has 3 rings (SSSR count). The minimum atomic E-state index is -0.394. The van der Waals surface area contributed by atoms with Gasteiger partial charge in [0.05, 0.1) is 11.4 Å². The summed E-state index contributed by atoms with van der Waals surface area (Å²) in [5, 5.41) is 14.8. The monoisotopic (exact) mass is 324 g/mol. The van der Waals surface area contributed by atoms with Crippen LogP contribution in [0.15, 0.2) is 60.0 Å². The van der Waals surface area contributed by atoms with E-state index >= 15 is 0 Å². The molecule has 1 heterocycles. The number of rotatable bonds is 4. The highest BCUT2D eigenvalue weighted by Crippen LogP contribution is 2.09. The number of nitrogens with zero attached hydrogens (tertiary/aromatic N) is 5. The molecule has 3 aromatic rings. The van der Waals surface area contributed by atoms with Gasteiger partial charge in [-0.15, -0.1) is 5.10 Å². The lowest BCUT2D eigenvalue weighted by Gasteiger charge is -2.05. The number of amides is 1. The first-order valence-electron chi connectivity index (χ1n) is 7.08. The summed E-state index contributed by atoms with van der Waals surface area (Å²) in [6.07, 6.45) is 1.46. The quantitative estimate of drug-likeness (QED) is 0.587. The minimum absolute atomic E-state index is 0.340. The number of hydrogen-bond donors (Lipinski definition) is 1. The molecular formula is C16H13FN6O. The number of carbonyl (C=O) groups excluding carboxylic acids is 1. The molecule has 1 N–H and O–H groups in total. The molecule has 0 aliphatic rings. The van der Waals surface area contributed by atoms with Crippen molar-refractivity contribution in [2.75, 3.05) is 0 Å². The van der Waals surface area contributed by atoms with Gasteiger partial charge < -0.3 is 0 Å². The topological polar surface area (TPSA) is 85.1 Å². The van der Waals surface area contributed by atoms with Crippen molar-refractivity contribution in [2.45, 2.75) is 6.92 Å². The van der Waals surface area contributed by atoms with Crippen molar-refractivity contribution in [3.63, 3.8) is 0 Å². The summed E-state index contributed by atoms with van der Waals surface area (Å²) in [6, 6.07) is 12.9. The van der Waals surface area contributed by atoms with Crippen LogP contribution in [0.2, 0.25) is 0 Å². The van der Waals surface area contributed by atoms with Gasteiger partial charge in [-0.3, -0.25) is 4.79 Å². The third-order valence-electron chi connectivity index (χ3n) is 3.33. The van der Waals surface area contributed by atoms with E-state index in [1.54, 1.807) is 49.4 Å². The Bertz CT molecular complexity index is 874. The fraction of sp³-hybridized carbons (Fsp3) is 0.0625. The number of carbonyl (C=O) groups is 1. The summed E-state index contributed by atoms with van der Waals surface area (Å²) < 4.78 is 15.1. The first kappa shape index (κ1) is 15.5. The lowest BCUT2D eigenvalue weighted by Crippen LogP contribution is -2.19. The zero-order chi connectivity index (χ0) is 16.9. The molecule has 0 atom stereocenters. The first-order valence-corrected chi connectivity index (χ1v) is 7.08. The number of benzene rings is 2. The van der Waals surface area contributed by atoms with Crippen LogP contribution < -0.4 is 5.43 Å². The molecular weight excluding hydrogens is 311 g/mol. The highest BCUT2D eigenvalue weighted by atomic mass is 19.1. The van der Waals surface area contributed by atoms with Gasteiger partial charge in [0.1, 0.15) is 12.1 Å². The van der Waals surface area contributed by atoms with E-state index < -0.39 is 11.7 Å². The minimum Gasteiger partial charge on any atom is -0.267 e. The van der Waals surface area contributed by atoms with E-state index in [2.05, 4.69) is 26.1 Å². The van der Waals surface area contributed by atoms with E-state index in [1.165, 1.54) is 17.1 Å². The molecule has 0 bridgehead atoms. The Hall–Kier alpha value is -3.42. The maximum Gasteiger partial charge on any atom is 0.271 e. The maximum absolute atomic E-state index is 13.7. The number of nitrogens with one attached hydrogen (secondary N) is 1. The van der Waals surface area contributed by atoms with Crippen LogP contribution in [-0.2, 0) is 0 Å². The molecule has 8 heteroatoms. The predicted octanol–water partition coefficient (Wildman–Crippen LogP) is 1.96. The van der Waals surface area contributed by atoms with Crippen molar-refractivity contribution in [3.05, 3.63) is 71.8 Å². The molecule has 1 aromatic heterocycles. The molecule has 0 radical (unpaired) electrons. The van der Waals surface area contributed by atoms with Gasteiger partial charge in [0.2, 0.25) is 0 Å². The van der Waals surface area contributed by atoms with Crippen LogP contribution in [-0.4, -0.2) is 31.8 Å². The van der Waals surface area contributed by atoms with E-state index in [-0.39, 0.29) is 0 Å². The van der Waals surface area contributed by atoms with Crippen molar-refractivity contribution >= 4 is 11.6 Å². The molecule has 0 saturated heterocycles. The van der Waals surface area contributed by atoms with Gasteiger partial charge in [-0.25, -0.2) is 14.5 Å². The molecule has 0 fully saturated rings. The largest absolute Gasteiger partial charge is 0.271 e. The molecule has 0 aliphatic heterocycles. The molecule has 120 valence electrons. The summed E-state index contributed by atoms with van der Waals surface area (Å²) in [5.74, 6) is -0.784. The van der Waals surface area contributed by atoms with Crippen molar-refractivity contribution in [1.29, 1.82) is 0 Å². The molecule has 0 aliphatic carbocycles. The Morgan fingerprint density at radius 1 is 1.17 bits per heavy atom. The first-order chi connectivity index (χ1) is 11.6. The number of aromatic nitrogens is 4. The summed E-state index contributed by atoms with van der Waals surface area (Å²) >= 11 is 0. The molecule has 0 unspecified atom stereocenters. The van der Waals surface area contributed by atoms with Crippen LogP contribution >= 0.6 is 0 Å². The zero-order valence-electron chi connectivity index (χ0n) is 12.7. The molecule has 1 amide bonds. The smallest absolute Gasteiger partial charge is 0.267 e. The average Bonchev–Trinajstić information content (AvgIpc) is 3.14. The van der Waals surface area contributed by atoms with Crippen LogP contribution in [0.25, 0.3) is 5.69 Å². The summed E-state index contributed by atoms with van der Waals surface area (Å²) in [4.78, 5) is 12.1. The number of halogens is 1. The van der Waals surface area contributed by atoms with E-state index in [1.807, 2.05) is 0 Å². The summed E-state index contributed by atoms with van der Waals surface area (Å²) in [7, 11) is 0. The average molecular weight is 324 g/mol. The van der Waals surface area contributed by atoms with E-state index in [4.69, 9.17) is 0 Å². The van der Waals surface area contributed by atoms with Crippen LogP contribution in [0.4, 0.5) is 4.39 Å². The molecule has 2 aromatic carbocycles. The van der Waals surface area contributed by atoms with Gasteiger partial charge in [0.15, 0.2) is 0 Å². The fourth-order valence-electron chi connectivity index (χ4n) is 2.06. The van der Waals surface area contributed by atoms with Crippen LogP contribution in [0.1, 0.15) is 22.8 Å². The molecule has 0 spiro atoms. The lowest BCUT2D eigenvalue weighted by molar-refractivity contribution is 0.0955. The number of hydrazone groups is 1. The van der Waals surface area contributed by atoms with E-state index in [9.17, 15) is 9.18 Å². The van der Waals surface area contributed by atoms with Crippen LogP contribution in [0.5, 0.6) is 0 Å². The molecule has 7 nitrogen and oxygen atoms in total. The van der Waals surface area contributed by atoms with Gasteiger partial charge >= 0.3 is 0 Å². The van der Waals surface area contributed by atoms with Gasteiger partial charge in [0.25, 0.3) is 5.91 Å². The van der Waals surface area contributed by atoms with Gasteiger partial charge in [0, 0.05) is 11.1 Å². The van der Waals surface area contributed by atoms with Crippen molar-refractivity contribution in [3.8, 4) is 5.69 Å². The highest BCUT2D eigenvalue weighted by molar-refractivity contribution is 6.01. The van der Waals surface area contributed by atoms with Gasteiger partial charge in [-0.05, 0) is 47.7 Å². The Morgan fingerprint density at radius 2 is 1.92 bits per heavy atom. The highest BCUT2D eigenvalue weighted by Gasteiger charge is 2.08. The van der Waals surface area contributed by atoms with E-state index in [0.717, 1.165) is 5.69 Å². The Balaban J connectivity index is 1.71. The predicted molar refractivity (Wildman–Crippen MR) is 85.2 cm³/mol. The van der Waals surface area contributed by atoms with Gasteiger partial charge in [-0.2, -0.15) is 5.10 Å². The molecule has 0 saturated carbocycles. The van der Waals surface area contributed by atoms with E-state index in [0.29, 0.717) is 16.8 Å². The Morgan fingerprint density at radius 3 is 2.58 bits per heavy atom. The third kappa shape index (κ3) is 3.32. The normalized spacial score (nSPS) is 11.3. The van der Waals surface area contributed by atoms with Crippen molar-refractivity contribution in [2.24, 2.45) is 5.10 Å². The van der Waals surface area contributed by atoms with Crippen LogP contribution in [0.3, 0.4) is 0 Å². The van der Waals surface area contributed by atoms with Gasteiger partial charge in [-0.1, -0.05) is 18.2 Å². The second-order valence-corrected chi connectivity index (χ2v) is 4.92. The number of tetrazole rings is 1. The van der Waals surface area contributed by atoms with Crippen LogP contribution in [0, 0.1) is 5.82 Å².